The lowest BCUT2D eigenvalue weighted by atomic mass is 9.70. The molecule has 1 nitrogen and oxygen atoms in total. The highest BCUT2D eigenvalue weighted by molar-refractivity contribution is 6.01. The summed E-state index contributed by atoms with van der Waals surface area (Å²) in [7, 11) is 0. The molecule has 1 aromatic rings. The fourth-order valence-corrected chi connectivity index (χ4v) is 3.56. The first-order valence-electron chi connectivity index (χ1n) is 10.1. The van der Waals surface area contributed by atoms with Crippen molar-refractivity contribution >= 4 is 11.4 Å². The average Bonchev–Trinajstić information content (AvgIpc) is 2.90. The molecule has 0 amide bonds. The van der Waals surface area contributed by atoms with Crippen LogP contribution in [-0.4, -0.2) is 5.71 Å². The number of fused-ring (bicyclic) bond motifs is 1. The largest absolute Gasteiger partial charge is 0.257 e. The molecule has 0 aliphatic carbocycles. The molecule has 1 heterocycles. The Labute approximate surface area is 153 Å². The van der Waals surface area contributed by atoms with Crippen molar-refractivity contribution in [2.24, 2.45) is 4.99 Å². The Morgan fingerprint density at radius 2 is 1.33 bits per heavy atom. The van der Waals surface area contributed by atoms with Gasteiger partial charge >= 0.3 is 0 Å². The van der Waals surface area contributed by atoms with Crippen molar-refractivity contribution in [2.75, 3.05) is 0 Å². The lowest BCUT2D eigenvalue weighted by Crippen LogP contribution is -2.31. The number of nitrogens with zero attached hydrogens (tertiary/aromatic N) is 1. The summed E-state index contributed by atoms with van der Waals surface area (Å²) in [5.41, 5.74) is 8.51. The molecule has 0 radical (unpaired) electrons. The minimum Gasteiger partial charge on any atom is -0.257 e. The van der Waals surface area contributed by atoms with Crippen LogP contribution in [-0.2, 0) is 5.41 Å². The quantitative estimate of drug-likeness (QED) is 0.528. The third kappa shape index (κ3) is 4.71. The third-order valence-electron chi connectivity index (χ3n) is 4.88. The summed E-state index contributed by atoms with van der Waals surface area (Å²) < 4.78 is 0. The standard InChI is InChI=1S/C17H25N.3C2H6/c1-7-9-17(8-2)14(6)18-15-10-11(3)12(4)13(5)16(15)17;3*1-2/h10H,7-9H2,1-6H3;3*1-2H3. The molecule has 0 fully saturated rings. The second-order valence-electron chi connectivity index (χ2n) is 5.72. The van der Waals surface area contributed by atoms with Crippen LogP contribution in [0.25, 0.3) is 0 Å². The summed E-state index contributed by atoms with van der Waals surface area (Å²) in [6, 6.07) is 2.27. The summed E-state index contributed by atoms with van der Waals surface area (Å²) in [6.45, 7) is 25.5. The van der Waals surface area contributed by atoms with Crippen LogP contribution in [0.5, 0.6) is 0 Å². The molecule has 1 aromatic carbocycles. The fraction of sp³-hybridized carbons (Fsp3) is 0.696. The Bertz CT molecular complexity index is 511. The van der Waals surface area contributed by atoms with E-state index in [2.05, 4.69) is 47.6 Å². The van der Waals surface area contributed by atoms with Gasteiger partial charge in [-0.15, -0.1) is 0 Å². The van der Waals surface area contributed by atoms with E-state index in [-0.39, 0.29) is 5.41 Å². The lowest BCUT2D eigenvalue weighted by molar-refractivity contribution is 0.505. The monoisotopic (exact) mass is 333 g/mol. The lowest BCUT2D eigenvalue weighted by Gasteiger charge is -2.31. The van der Waals surface area contributed by atoms with Gasteiger partial charge in [0, 0.05) is 11.1 Å². The second-order valence-corrected chi connectivity index (χ2v) is 5.72. The van der Waals surface area contributed by atoms with Crippen molar-refractivity contribution in [3.63, 3.8) is 0 Å². The maximum atomic E-state index is 4.87. The van der Waals surface area contributed by atoms with Crippen LogP contribution in [0.3, 0.4) is 0 Å². The maximum Gasteiger partial charge on any atom is 0.0676 e. The SMILES string of the molecule is CC.CC.CC.CCCC1(CC)C(C)=Nc2cc(C)c(C)c(C)c21. The second kappa shape index (κ2) is 12.3. The fourth-order valence-electron chi connectivity index (χ4n) is 3.56. The summed E-state index contributed by atoms with van der Waals surface area (Å²) in [4.78, 5) is 4.87. The maximum absolute atomic E-state index is 4.87. The zero-order chi connectivity index (χ0) is 19.5. The summed E-state index contributed by atoms with van der Waals surface area (Å²) in [6.07, 6.45) is 3.59. The predicted molar refractivity (Wildman–Crippen MR) is 114 cm³/mol. The van der Waals surface area contributed by atoms with Crippen molar-refractivity contribution in [3.8, 4) is 0 Å². The topological polar surface area (TPSA) is 12.4 Å². The first-order valence-corrected chi connectivity index (χ1v) is 10.1. The van der Waals surface area contributed by atoms with Gasteiger partial charge in [0.05, 0.1) is 5.69 Å². The predicted octanol–water partition coefficient (Wildman–Crippen LogP) is 8.24. The highest BCUT2D eigenvalue weighted by Crippen LogP contribution is 2.48. The van der Waals surface area contributed by atoms with Crippen LogP contribution in [0.15, 0.2) is 11.1 Å². The molecule has 140 valence electrons. The van der Waals surface area contributed by atoms with Gasteiger partial charge in [-0.25, -0.2) is 0 Å². The van der Waals surface area contributed by atoms with E-state index in [1.165, 1.54) is 46.5 Å². The highest BCUT2D eigenvalue weighted by Gasteiger charge is 2.40. The average molecular weight is 334 g/mol. The van der Waals surface area contributed by atoms with Crippen LogP contribution in [0.1, 0.15) is 104 Å². The van der Waals surface area contributed by atoms with Gasteiger partial charge in [-0.05, 0) is 68.9 Å². The Morgan fingerprint density at radius 3 is 1.75 bits per heavy atom. The van der Waals surface area contributed by atoms with Crippen molar-refractivity contribution in [3.05, 3.63) is 28.3 Å². The first kappa shape index (κ1) is 25.1. The third-order valence-corrected chi connectivity index (χ3v) is 4.88. The van der Waals surface area contributed by atoms with Gasteiger partial charge in [0.15, 0.2) is 0 Å². The summed E-state index contributed by atoms with van der Waals surface area (Å²) in [5, 5.41) is 0. The smallest absolute Gasteiger partial charge is 0.0676 e. The Hall–Kier alpha value is -1.11. The molecule has 1 heteroatoms. The van der Waals surface area contributed by atoms with Crippen molar-refractivity contribution in [1.29, 1.82) is 0 Å². The molecule has 1 atom stereocenters. The van der Waals surface area contributed by atoms with Crippen molar-refractivity contribution in [2.45, 2.75) is 108 Å². The van der Waals surface area contributed by atoms with E-state index in [0.717, 1.165) is 6.42 Å². The van der Waals surface area contributed by atoms with E-state index in [1.807, 2.05) is 41.5 Å². The number of benzene rings is 1. The van der Waals surface area contributed by atoms with Crippen molar-refractivity contribution < 1.29 is 0 Å². The molecule has 0 saturated heterocycles. The molecular weight excluding hydrogens is 290 g/mol. The Kier molecular flexibility index (Phi) is 12.9. The highest BCUT2D eigenvalue weighted by atomic mass is 14.8. The van der Waals surface area contributed by atoms with Gasteiger partial charge in [0.25, 0.3) is 0 Å². The van der Waals surface area contributed by atoms with E-state index >= 15 is 0 Å². The van der Waals surface area contributed by atoms with Crippen LogP contribution in [0.2, 0.25) is 0 Å². The van der Waals surface area contributed by atoms with Crippen LogP contribution in [0, 0.1) is 20.8 Å². The molecule has 1 unspecified atom stereocenters. The summed E-state index contributed by atoms with van der Waals surface area (Å²) >= 11 is 0. The number of aryl methyl sites for hydroxylation is 1. The van der Waals surface area contributed by atoms with Gasteiger partial charge < -0.3 is 0 Å². The zero-order valence-corrected chi connectivity index (χ0v) is 18.6. The van der Waals surface area contributed by atoms with E-state index in [4.69, 9.17) is 4.99 Å². The molecule has 24 heavy (non-hydrogen) atoms. The van der Waals surface area contributed by atoms with Crippen LogP contribution in [0.4, 0.5) is 5.69 Å². The van der Waals surface area contributed by atoms with E-state index in [0.29, 0.717) is 0 Å². The molecule has 0 N–H and O–H groups in total. The van der Waals surface area contributed by atoms with Gasteiger partial charge in [-0.3, -0.25) is 4.99 Å². The minimum atomic E-state index is 0.201. The molecule has 0 spiro atoms. The first-order chi connectivity index (χ1) is 11.5. The van der Waals surface area contributed by atoms with E-state index in [9.17, 15) is 0 Å². The van der Waals surface area contributed by atoms with Gasteiger partial charge in [0.2, 0.25) is 0 Å². The van der Waals surface area contributed by atoms with E-state index in [1.54, 1.807) is 0 Å². The van der Waals surface area contributed by atoms with Crippen LogP contribution >= 0.6 is 0 Å². The number of hydrogen-bond acceptors (Lipinski definition) is 1. The molecule has 0 saturated carbocycles. The Balaban J connectivity index is 0. The van der Waals surface area contributed by atoms with Gasteiger partial charge in [0.1, 0.15) is 0 Å². The minimum absolute atomic E-state index is 0.201. The van der Waals surface area contributed by atoms with Gasteiger partial charge in [-0.1, -0.05) is 61.8 Å². The Morgan fingerprint density at radius 1 is 0.833 bits per heavy atom. The van der Waals surface area contributed by atoms with Gasteiger partial charge in [-0.2, -0.15) is 0 Å². The molecule has 2 rings (SSSR count). The summed E-state index contributed by atoms with van der Waals surface area (Å²) in [5.74, 6) is 0. The zero-order valence-electron chi connectivity index (χ0n) is 18.6. The van der Waals surface area contributed by atoms with Crippen LogP contribution < -0.4 is 0 Å². The van der Waals surface area contributed by atoms with E-state index < -0.39 is 0 Å². The number of aliphatic imine (C=N–C) groups is 1. The van der Waals surface area contributed by atoms with Crippen molar-refractivity contribution in [1.82, 2.24) is 0 Å². The molecule has 0 aromatic heterocycles. The number of rotatable bonds is 3. The number of hydrogen-bond donors (Lipinski definition) is 0. The molecule has 1 aliphatic rings. The molecular formula is C23H43N. The molecule has 0 bridgehead atoms. The normalized spacial score (nSPS) is 17.2. The molecule has 1 aliphatic heterocycles.